The molecule has 1 atom stereocenters. The predicted octanol–water partition coefficient (Wildman–Crippen LogP) is 4.10. The maximum atomic E-state index is 13.1. The van der Waals surface area contributed by atoms with Crippen LogP contribution in [0.4, 0.5) is 0 Å². The normalized spacial score (nSPS) is 12.6. The number of benzene rings is 2. The van der Waals surface area contributed by atoms with Crippen molar-refractivity contribution in [3.8, 4) is 0 Å². The minimum atomic E-state index is -3.60. The average Bonchev–Trinajstić information content (AvgIpc) is 2.54. The standard InChI is InChI=1S/C17H19NO2S3/c1-3-22-17(21)18-16(14-7-5-4-6-8-14)23(19,20)15-11-9-13(2)10-12-15/h4-12,16H,3H2,1-2H3,(H,18,21). The van der Waals surface area contributed by atoms with Crippen LogP contribution in [-0.4, -0.2) is 18.5 Å². The summed E-state index contributed by atoms with van der Waals surface area (Å²) in [6, 6.07) is 16.0. The highest BCUT2D eigenvalue weighted by Gasteiger charge is 2.29. The summed E-state index contributed by atoms with van der Waals surface area (Å²) in [4.78, 5) is 0.286. The quantitative estimate of drug-likeness (QED) is 0.809. The van der Waals surface area contributed by atoms with Gasteiger partial charge in [0.25, 0.3) is 0 Å². The molecule has 0 aliphatic carbocycles. The van der Waals surface area contributed by atoms with Crippen LogP contribution in [0.15, 0.2) is 59.5 Å². The summed E-state index contributed by atoms with van der Waals surface area (Å²) in [5.41, 5.74) is 1.69. The third-order valence-electron chi connectivity index (χ3n) is 3.29. The number of thiocarbonyl (C=S) groups is 1. The van der Waals surface area contributed by atoms with Crippen molar-refractivity contribution in [2.45, 2.75) is 24.1 Å². The molecule has 6 heteroatoms. The summed E-state index contributed by atoms with van der Waals surface area (Å²) in [6.07, 6.45) is 0. The zero-order chi connectivity index (χ0) is 16.9. The SMILES string of the molecule is CCSC(=S)NC(c1ccccc1)S(=O)(=O)c1ccc(C)cc1. The first kappa shape index (κ1) is 18.0. The molecule has 0 aromatic heterocycles. The molecule has 2 rings (SSSR count). The fourth-order valence-corrected chi connectivity index (χ4v) is 4.77. The lowest BCUT2D eigenvalue weighted by atomic mass is 10.2. The fourth-order valence-electron chi connectivity index (χ4n) is 2.11. The Morgan fingerprint density at radius 3 is 2.30 bits per heavy atom. The summed E-state index contributed by atoms with van der Waals surface area (Å²) in [5, 5.41) is 2.10. The van der Waals surface area contributed by atoms with Gasteiger partial charge in [-0.2, -0.15) is 0 Å². The Hall–Kier alpha value is -1.37. The molecule has 1 unspecified atom stereocenters. The Kier molecular flexibility index (Phi) is 6.21. The lowest BCUT2D eigenvalue weighted by Gasteiger charge is -2.21. The summed E-state index contributed by atoms with van der Waals surface area (Å²) >= 11 is 6.68. The smallest absolute Gasteiger partial charge is 0.203 e. The van der Waals surface area contributed by atoms with Crippen LogP contribution < -0.4 is 5.32 Å². The van der Waals surface area contributed by atoms with Gasteiger partial charge in [0, 0.05) is 0 Å². The van der Waals surface area contributed by atoms with E-state index in [2.05, 4.69) is 5.32 Å². The van der Waals surface area contributed by atoms with Crippen LogP contribution in [0.1, 0.15) is 23.4 Å². The Morgan fingerprint density at radius 1 is 1.13 bits per heavy atom. The molecule has 0 amide bonds. The highest BCUT2D eigenvalue weighted by Crippen LogP contribution is 2.27. The van der Waals surface area contributed by atoms with E-state index in [1.165, 1.54) is 11.8 Å². The molecule has 23 heavy (non-hydrogen) atoms. The van der Waals surface area contributed by atoms with Gasteiger partial charge in [0.1, 0.15) is 4.32 Å². The van der Waals surface area contributed by atoms with Gasteiger partial charge >= 0.3 is 0 Å². The minimum Gasteiger partial charge on any atom is -0.351 e. The van der Waals surface area contributed by atoms with Crippen molar-refractivity contribution in [1.82, 2.24) is 5.32 Å². The summed E-state index contributed by atoms with van der Waals surface area (Å²) in [6.45, 7) is 3.90. The van der Waals surface area contributed by atoms with Crippen molar-refractivity contribution >= 4 is 38.1 Å². The summed E-state index contributed by atoms with van der Waals surface area (Å²) in [7, 11) is -3.60. The van der Waals surface area contributed by atoms with E-state index in [0.29, 0.717) is 9.88 Å². The number of rotatable bonds is 5. The predicted molar refractivity (Wildman–Crippen MR) is 101 cm³/mol. The molecular formula is C17H19NO2S3. The molecule has 0 spiro atoms. The minimum absolute atomic E-state index is 0.286. The summed E-state index contributed by atoms with van der Waals surface area (Å²) in [5.74, 6) is 0.790. The number of sulfone groups is 1. The number of thioether (sulfide) groups is 1. The van der Waals surface area contributed by atoms with Crippen LogP contribution in [-0.2, 0) is 9.84 Å². The zero-order valence-electron chi connectivity index (χ0n) is 13.0. The van der Waals surface area contributed by atoms with Crippen molar-refractivity contribution in [2.75, 3.05) is 5.75 Å². The molecule has 2 aromatic rings. The van der Waals surface area contributed by atoms with Gasteiger partial charge in [-0.15, -0.1) is 0 Å². The van der Waals surface area contributed by atoms with Crippen LogP contribution >= 0.6 is 24.0 Å². The first-order valence-electron chi connectivity index (χ1n) is 7.24. The van der Waals surface area contributed by atoms with Gasteiger partial charge in [-0.3, -0.25) is 0 Å². The second kappa shape index (κ2) is 7.95. The summed E-state index contributed by atoms with van der Waals surface area (Å²) < 4.78 is 26.6. The average molecular weight is 366 g/mol. The maximum absolute atomic E-state index is 13.1. The first-order chi connectivity index (χ1) is 10.9. The highest BCUT2D eigenvalue weighted by molar-refractivity contribution is 8.23. The monoisotopic (exact) mass is 365 g/mol. The number of nitrogens with one attached hydrogen (secondary N) is 1. The molecular weight excluding hydrogens is 346 g/mol. The number of hydrogen-bond donors (Lipinski definition) is 1. The van der Waals surface area contributed by atoms with Gasteiger partial charge in [0.05, 0.1) is 4.90 Å². The van der Waals surface area contributed by atoms with Crippen molar-refractivity contribution in [2.24, 2.45) is 0 Å². The second-order valence-corrected chi connectivity index (χ2v) is 8.99. The molecule has 2 aromatic carbocycles. The maximum Gasteiger partial charge on any atom is 0.203 e. The highest BCUT2D eigenvalue weighted by atomic mass is 32.2. The van der Waals surface area contributed by atoms with Crippen LogP contribution in [0.25, 0.3) is 0 Å². The molecule has 0 bridgehead atoms. The van der Waals surface area contributed by atoms with E-state index in [4.69, 9.17) is 12.2 Å². The first-order valence-corrected chi connectivity index (χ1v) is 10.2. The Bertz CT molecular complexity index is 756. The van der Waals surface area contributed by atoms with E-state index in [0.717, 1.165) is 11.3 Å². The van der Waals surface area contributed by atoms with Crippen LogP contribution in [0.5, 0.6) is 0 Å². The molecule has 3 nitrogen and oxygen atoms in total. The van der Waals surface area contributed by atoms with Gasteiger partial charge in [-0.1, -0.05) is 78.9 Å². The van der Waals surface area contributed by atoms with Crippen molar-refractivity contribution in [1.29, 1.82) is 0 Å². The van der Waals surface area contributed by atoms with Crippen LogP contribution in [0.2, 0.25) is 0 Å². The Labute approximate surface area is 147 Å². The molecule has 122 valence electrons. The molecule has 0 aliphatic heterocycles. The van der Waals surface area contributed by atoms with Gasteiger partial charge in [-0.25, -0.2) is 8.42 Å². The third-order valence-corrected chi connectivity index (χ3v) is 6.37. The molecule has 1 N–H and O–H groups in total. The fraction of sp³-hybridized carbons (Fsp3) is 0.235. The molecule has 0 saturated carbocycles. The van der Waals surface area contributed by atoms with Crippen molar-refractivity contribution in [3.05, 3.63) is 65.7 Å². The number of aryl methyl sites for hydroxylation is 1. The van der Waals surface area contributed by atoms with Crippen molar-refractivity contribution < 1.29 is 8.42 Å². The second-order valence-electron chi connectivity index (χ2n) is 5.01. The lowest BCUT2D eigenvalue weighted by Crippen LogP contribution is -2.31. The molecule has 0 fully saturated rings. The number of hydrogen-bond acceptors (Lipinski definition) is 4. The van der Waals surface area contributed by atoms with Gasteiger partial charge in [0.2, 0.25) is 9.84 Å². The Morgan fingerprint density at radius 2 is 1.74 bits per heavy atom. The van der Waals surface area contributed by atoms with E-state index in [1.807, 2.05) is 32.0 Å². The van der Waals surface area contributed by atoms with E-state index in [1.54, 1.807) is 36.4 Å². The van der Waals surface area contributed by atoms with E-state index in [-0.39, 0.29) is 4.90 Å². The largest absolute Gasteiger partial charge is 0.351 e. The molecule has 0 radical (unpaired) electrons. The van der Waals surface area contributed by atoms with Crippen LogP contribution in [0, 0.1) is 6.92 Å². The van der Waals surface area contributed by atoms with Crippen molar-refractivity contribution in [3.63, 3.8) is 0 Å². The van der Waals surface area contributed by atoms with E-state index < -0.39 is 15.2 Å². The Balaban J connectivity index is 2.43. The van der Waals surface area contributed by atoms with Gasteiger partial charge in [-0.05, 0) is 30.4 Å². The molecule has 0 heterocycles. The van der Waals surface area contributed by atoms with E-state index in [9.17, 15) is 8.42 Å². The molecule has 0 saturated heterocycles. The van der Waals surface area contributed by atoms with Gasteiger partial charge < -0.3 is 5.32 Å². The zero-order valence-corrected chi connectivity index (χ0v) is 15.5. The topological polar surface area (TPSA) is 46.2 Å². The van der Waals surface area contributed by atoms with E-state index >= 15 is 0 Å². The van der Waals surface area contributed by atoms with Crippen LogP contribution in [0.3, 0.4) is 0 Å². The lowest BCUT2D eigenvalue weighted by molar-refractivity contribution is 0.578. The molecule has 0 aliphatic rings. The third kappa shape index (κ3) is 4.56. The van der Waals surface area contributed by atoms with Gasteiger partial charge in [0.15, 0.2) is 5.37 Å².